The SMILES string of the molecule is CCCNC(=O)CCNC(=NC)NC1CCN(CCC)CC1.I. The van der Waals surface area contributed by atoms with Gasteiger partial charge in [0.05, 0.1) is 0 Å². The average molecular weight is 439 g/mol. The third-order valence-corrected chi connectivity index (χ3v) is 3.91. The lowest BCUT2D eigenvalue weighted by Gasteiger charge is -2.32. The predicted octanol–water partition coefficient (Wildman–Crippen LogP) is 1.56. The van der Waals surface area contributed by atoms with E-state index in [4.69, 9.17) is 0 Å². The molecular weight excluding hydrogens is 405 g/mol. The number of nitrogens with one attached hydrogen (secondary N) is 3. The van der Waals surface area contributed by atoms with Crippen molar-refractivity contribution in [3.05, 3.63) is 0 Å². The molecule has 0 spiro atoms. The monoisotopic (exact) mass is 439 g/mol. The Morgan fingerprint density at radius 3 is 2.39 bits per heavy atom. The van der Waals surface area contributed by atoms with Gasteiger partial charge in [-0.3, -0.25) is 9.79 Å². The summed E-state index contributed by atoms with van der Waals surface area (Å²) in [6, 6.07) is 0.480. The maximum absolute atomic E-state index is 11.5. The quantitative estimate of drug-likeness (QED) is 0.305. The zero-order valence-corrected chi connectivity index (χ0v) is 17.2. The second kappa shape index (κ2) is 13.8. The van der Waals surface area contributed by atoms with Crippen LogP contribution in [0.5, 0.6) is 0 Å². The molecule has 136 valence electrons. The van der Waals surface area contributed by atoms with Crippen molar-refractivity contribution < 1.29 is 4.79 Å². The fraction of sp³-hybridized carbons (Fsp3) is 0.875. The van der Waals surface area contributed by atoms with Gasteiger partial charge in [0, 0.05) is 45.7 Å². The topological polar surface area (TPSA) is 68.8 Å². The molecular formula is C16H34IN5O. The molecule has 1 heterocycles. The summed E-state index contributed by atoms with van der Waals surface area (Å²) in [6.07, 6.45) is 4.98. The van der Waals surface area contributed by atoms with E-state index in [0.717, 1.165) is 44.9 Å². The van der Waals surface area contributed by atoms with Crippen molar-refractivity contribution in [3.8, 4) is 0 Å². The number of nitrogens with zero attached hydrogens (tertiary/aromatic N) is 2. The molecule has 0 aromatic rings. The summed E-state index contributed by atoms with van der Waals surface area (Å²) in [5.41, 5.74) is 0. The number of rotatable bonds is 8. The Bertz CT molecular complexity index is 343. The summed E-state index contributed by atoms with van der Waals surface area (Å²) in [5, 5.41) is 9.57. The Kier molecular flexibility index (Phi) is 13.5. The van der Waals surface area contributed by atoms with Crippen LogP contribution in [0.25, 0.3) is 0 Å². The van der Waals surface area contributed by atoms with Crippen molar-refractivity contribution in [1.29, 1.82) is 0 Å². The zero-order chi connectivity index (χ0) is 16.2. The summed E-state index contributed by atoms with van der Waals surface area (Å²) in [5.74, 6) is 0.898. The fourth-order valence-electron chi connectivity index (χ4n) is 2.65. The van der Waals surface area contributed by atoms with E-state index in [1.807, 2.05) is 0 Å². The van der Waals surface area contributed by atoms with E-state index in [9.17, 15) is 4.79 Å². The van der Waals surface area contributed by atoms with Crippen molar-refractivity contribution in [2.24, 2.45) is 4.99 Å². The molecule has 0 radical (unpaired) electrons. The van der Waals surface area contributed by atoms with Gasteiger partial charge in [-0.05, 0) is 32.2 Å². The normalized spacial score (nSPS) is 16.6. The first-order valence-corrected chi connectivity index (χ1v) is 8.65. The Hall–Kier alpha value is -0.570. The van der Waals surface area contributed by atoms with Gasteiger partial charge in [-0.15, -0.1) is 24.0 Å². The molecule has 0 saturated carbocycles. The van der Waals surface area contributed by atoms with E-state index in [2.05, 4.69) is 39.7 Å². The van der Waals surface area contributed by atoms with Crippen molar-refractivity contribution in [2.75, 3.05) is 39.8 Å². The number of piperidine rings is 1. The van der Waals surface area contributed by atoms with Crippen LogP contribution in [0.4, 0.5) is 0 Å². The second-order valence-electron chi connectivity index (χ2n) is 5.86. The number of hydrogen-bond donors (Lipinski definition) is 3. The summed E-state index contributed by atoms with van der Waals surface area (Å²) in [6.45, 7) is 9.16. The van der Waals surface area contributed by atoms with Crippen LogP contribution in [0.1, 0.15) is 46.0 Å². The highest BCUT2D eigenvalue weighted by atomic mass is 127. The molecule has 23 heavy (non-hydrogen) atoms. The van der Waals surface area contributed by atoms with Crippen molar-refractivity contribution in [2.45, 2.75) is 52.0 Å². The Balaban J connectivity index is 0.00000484. The van der Waals surface area contributed by atoms with Gasteiger partial charge < -0.3 is 20.9 Å². The summed E-state index contributed by atoms with van der Waals surface area (Å²) >= 11 is 0. The lowest BCUT2D eigenvalue weighted by Crippen LogP contribution is -2.49. The van der Waals surface area contributed by atoms with Gasteiger partial charge in [-0.1, -0.05) is 13.8 Å². The standard InChI is InChI=1S/C16H33N5O.HI/c1-4-9-18-15(22)6-10-19-16(17-3)20-14-7-12-21(11-5-2)13-8-14;/h14H,4-13H2,1-3H3,(H,18,22)(H2,17,19,20);1H. The molecule has 6 nitrogen and oxygen atoms in total. The predicted molar refractivity (Wildman–Crippen MR) is 108 cm³/mol. The van der Waals surface area contributed by atoms with Gasteiger partial charge in [-0.25, -0.2) is 0 Å². The third-order valence-electron chi connectivity index (χ3n) is 3.91. The van der Waals surface area contributed by atoms with Gasteiger partial charge in [0.15, 0.2) is 5.96 Å². The van der Waals surface area contributed by atoms with Gasteiger partial charge in [-0.2, -0.15) is 0 Å². The Morgan fingerprint density at radius 2 is 1.83 bits per heavy atom. The summed E-state index contributed by atoms with van der Waals surface area (Å²) < 4.78 is 0. The second-order valence-corrected chi connectivity index (χ2v) is 5.86. The first-order chi connectivity index (χ1) is 10.7. The number of halogens is 1. The van der Waals surface area contributed by atoms with Crippen LogP contribution in [0, 0.1) is 0 Å². The average Bonchev–Trinajstić information content (AvgIpc) is 2.54. The van der Waals surface area contributed by atoms with Crippen LogP contribution in [0.3, 0.4) is 0 Å². The molecule has 3 N–H and O–H groups in total. The largest absolute Gasteiger partial charge is 0.356 e. The smallest absolute Gasteiger partial charge is 0.221 e. The third kappa shape index (κ3) is 10.0. The highest BCUT2D eigenvalue weighted by Crippen LogP contribution is 2.10. The van der Waals surface area contributed by atoms with Crippen molar-refractivity contribution >= 4 is 35.8 Å². The van der Waals surface area contributed by atoms with Crippen LogP contribution in [0.15, 0.2) is 4.99 Å². The van der Waals surface area contributed by atoms with Gasteiger partial charge in [0.1, 0.15) is 0 Å². The molecule has 0 bridgehead atoms. The number of likely N-dealkylation sites (tertiary alicyclic amines) is 1. The van der Waals surface area contributed by atoms with Crippen molar-refractivity contribution in [3.63, 3.8) is 0 Å². The minimum absolute atomic E-state index is 0. The van der Waals surface area contributed by atoms with Crippen molar-refractivity contribution in [1.82, 2.24) is 20.9 Å². The highest BCUT2D eigenvalue weighted by molar-refractivity contribution is 14.0. The lowest BCUT2D eigenvalue weighted by atomic mass is 10.1. The first-order valence-electron chi connectivity index (χ1n) is 8.65. The molecule has 7 heteroatoms. The van der Waals surface area contributed by atoms with Gasteiger partial charge in [0.2, 0.25) is 5.91 Å². The zero-order valence-electron chi connectivity index (χ0n) is 14.9. The fourth-order valence-corrected chi connectivity index (χ4v) is 2.65. The molecule has 0 unspecified atom stereocenters. The van der Waals surface area contributed by atoms with Crippen LogP contribution in [-0.2, 0) is 4.79 Å². The van der Waals surface area contributed by atoms with E-state index in [1.54, 1.807) is 7.05 Å². The van der Waals surface area contributed by atoms with E-state index in [-0.39, 0.29) is 29.9 Å². The molecule has 1 aliphatic rings. The molecule has 0 aromatic carbocycles. The molecule has 1 rings (SSSR count). The Morgan fingerprint density at radius 1 is 1.13 bits per heavy atom. The molecule has 1 fully saturated rings. The summed E-state index contributed by atoms with van der Waals surface area (Å²) in [7, 11) is 1.78. The number of guanidine groups is 1. The van der Waals surface area contributed by atoms with E-state index in [1.165, 1.54) is 13.0 Å². The van der Waals surface area contributed by atoms with Gasteiger partial charge >= 0.3 is 0 Å². The number of hydrogen-bond acceptors (Lipinski definition) is 3. The number of amides is 1. The van der Waals surface area contributed by atoms with Crippen LogP contribution in [-0.4, -0.2) is 62.6 Å². The molecule has 1 saturated heterocycles. The van der Waals surface area contributed by atoms with E-state index in [0.29, 0.717) is 19.0 Å². The number of carbonyl (C=O) groups is 1. The van der Waals surface area contributed by atoms with Crippen LogP contribution >= 0.6 is 24.0 Å². The Labute approximate surface area is 158 Å². The first kappa shape index (κ1) is 22.4. The molecule has 0 atom stereocenters. The molecule has 1 amide bonds. The molecule has 0 aromatic heterocycles. The van der Waals surface area contributed by atoms with E-state index < -0.39 is 0 Å². The van der Waals surface area contributed by atoms with Crippen LogP contribution < -0.4 is 16.0 Å². The number of aliphatic imine (C=N–C) groups is 1. The maximum atomic E-state index is 11.5. The van der Waals surface area contributed by atoms with E-state index >= 15 is 0 Å². The maximum Gasteiger partial charge on any atom is 0.221 e. The molecule has 1 aliphatic heterocycles. The van der Waals surface area contributed by atoms with Crippen LogP contribution in [0.2, 0.25) is 0 Å². The van der Waals surface area contributed by atoms with Gasteiger partial charge in [0.25, 0.3) is 0 Å². The minimum atomic E-state index is 0. The highest BCUT2D eigenvalue weighted by Gasteiger charge is 2.19. The summed E-state index contributed by atoms with van der Waals surface area (Å²) in [4.78, 5) is 18.3. The minimum Gasteiger partial charge on any atom is -0.356 e. The number of carbonyl (C=O) groups excluding carboxylic acids is 1. The molecule has 0 aliphatic carbocycles. The lowest BCUT2D eigenvalue weighted by molar-refractivity contribution is -0.120.